The highest BCUT2D eigenvalue weighted by molar-refractivity contribution is 7.14. The molecule has 1 amide bonds. The van der Waals surface area contributed by atoms with E-state index in [0.29, 0.717) is 23.9 Å². The van der Waals surface area contributed by atoms with Crippen LogP contribution < -0.4 is 5.32 Å². The quantitative estimate of drug-likeness (QED) is 0.623. The number of thiazole rings is 1. The number of carbonyl (C=O) groups excluding carboxylic acids is 1. The number of carboxylic acid groups (broad SMARTS) is 1. The van der Waals surface area contributed by atoms with Crippen molar-refractivity contribution in [2.45, 2.75) is 47.0 Å². The molecule has 1 aromatic carbocycles. The molecule has 0 saturated heterocycles. The number of hydrogen-bond acceptors (Lipinski definition) is 4. The summed E-state index contributed by atoms with van der Waals surface area (Å²) in [6.45, 7) is 8.31. The van der Waals surface area contributed by atoms with E-state index in [-0.39, 0.29) is 5.91 Å². The van der Waals surface area contributed by atoms with Gasteiger partial charge in [0.25, 0.3) is 0 Å². The standard InChI is InChI=1S/C23H28N2O3S/c1-13(2)9-16-5-7-17(8-6-16)20-12-29-23(24-20)25-21(26)18-10-14(3)15(4)11-19(18)22(27)28/h5-8,12-13,18-19H,9-11H2,1-4H3,(H,27,28)(H,24,25,26)/t18-,19+/m0/s1. The Hall–Kier alpha value is -2.47. The van der Waals surface area contributed by atoms with Crippen molar-refractivity contribution >= 4 is 28.3 Å². The summed E-state index contributed by atoms with van der Waals surface area (Å²) in [5, 5.41) is 14.8. The van der Waals surface area contributed by atoms with Crippen LogP contribution in [0.5, 0.6) is 0 Å². The molecule has 0 bridgehead atoms. The maximum Gasteiger partial charge on any atom is 0.307 e. The lowest BCUT2D eigenvalue weighted by Gasteiger charge is -2.29. The first-order chi connectivity index (χ1) is 13.7. The predicted molar refractivity (Wildman–Crippen MR) is 117 cm³/mol. The Labute approximate surface area is 175 Å². The number of nitrogens with one attached hydrogen (secondary N) is 1. The van der Waals surface area contributed by atoms with E-state index in [1.165, 1.54) is 16.9 Å². The van der Waals surface area contributed by atoms with Crippen molar-refractivity contribution in [2.75, 3.05) is 5.32 Å². The van der Waals surface area contributed by atoms with Gasteiger partial charge in [-0.3, -0.25) is 9.59 Å². The fraction of sp³-hybridized carbons (Fsp3) is 0.435. The zero-order valence-electron chi connectivity index (χ0n) is 17.4. The molecular formula is C23H28N2O3S. The third-order valence-electron chi connectivity index (χ3n) is 5.55. The van der Waals surface area contributed by atoms with E-state index in [1.807, 2.05) is 19.2 Å². The van der Waals surface area contributed by atoms with E-state index >= 15 is 0 Å². The van der Waals surface area contributed by atoms with Gasteiger partial charge in [-0.05, 0) is 44.6 Å². The van der Waals surface area contributed by atoms with E-state index in [1.54, 1.807) is 0 Å². The minimum Gasteiger partial charge on any atom is -0.481 e. The average molecular weight is 413 g/mol. The molecule has 0 spiro atoms. The van der Waals surface area contributed by atoms with Crippen LogP contribution in [0.25, 0.3) is 11.3 Å². The number of aliphatic carboxylic acids is 1. The van der Waals surface area contributed by atoms with Gasteiger partial charge in [0.15, 0.2) is 5.13 Å². The summed E-state index contributed by atoms with van der Waals surface area (Å²) in [5.41, 5.74) is 5.28. The number of aromatic nitrogens is 1. The molecule has 1 aromatic heterocycles. The fourth-order valence-electron chi connectivity index (χ4n) is 3.77. The van der Waals surface area contributed by atoms with Crippen LogP contribution in [0.3, 0.4) is 0 Å². The molecule has 154 valence electrons. The van der Waals surface area contributed by atoms with Gasteiger partial charge in [-0.25, -0.2) is 4.98 Å². The first-order valence-electron chi connectivity index (χ1n) is 9.98. The number of amides is 1. The van der Waals surface area contributed by atoms with E-state index in [4.69, 9.17) is 0 Å². The molecule has 2 N–H and O–H groups in total. The molecule has 0 aliphatic heterocycles. The van der Waals surface area contributed by atoms with E-state index in [9.17, 15) is 14.7 Å². The molecule has 0 unspecified atom stereocenters. The molecule has 1 heterocycles. The van der Waals surface area contributed by atoms with E-state index < -0.39 is 17.8 Å². The Balaban J connectivity index is 1.71. The van der Waals surface area contributed by atoms with Crippen LogP contribution in [0.15, 0.2) is 40.8 Å². The van der Waals surface area contributed by atoms with Crippen LogP contribution in [0, 0.1) is 17.8 Å². The van der Waals surface area contributed by atoms with E-state index in [2.05, 4.69) is 48.4 Å². The summed E-state index contributed by atoms with van der Waals surface area (Å²) >= 11 is 1.36. The maximum absolute atomic E-state index is 12.8. The van der Waals surface area contributed by atoms with Crippen LogP contribution in [-0.2, 0) is 16.0 Å². The van der Waals surface area contributed by atoms with E-state index in [0.717, 1.165) is 28.8 Å². The van der Waals surface area contributed by atoms with Crippen molar-refractivity contribution < 1.29 is 14.7 Å². The summed E-state index contributed by atoms with van der Waals surface area (Å²) in [5.74, 6) is -1.83. The second-order valence-electron chi connectivity index (χ2n) is 8.34. The van der Waals surface area contributed by atoms with Gasteiger partial charge in [-0.15, -0.1) is 11.3 Å². The van der Waals surface area contributed by atoms with Crippen LogP contribution in [0.4, 0.5) is 5.13 Å². The highest BCUT2D eigenvalue weighted by Gasteiger charge is 2.37. The third kappa shape index (κ3) is 5.12. The van der Waals surface area contributed by atoms with Crippen LogP contribution >= 0.6 is 11.3 Å². The Bertz CT molecular complexity index is 928. The molecule has 2 aromatic rings. The largest absolute Gasteiger partial charge is 0.481 e. The molecule has 0 radical (unpaired) electrons. The average Bonchev–Trinajstić information content (AvgIpc) is 3.12. The Morgan fingerprint density at radius 1 is 1.14 bits per heavy atom. The SMILES string of the molecule is CC1=C(C)C[C@@H](C(=O)O)[C@@H](C(=O)Nc2nc(-c3ccc(CC(C)C)cc3)cs2)C1. The maximum atomic E-state index is 12.8. The summed E-state index contributed by atoms with van der Waals surface area (Å²) in [6.07, 6.45) is 1.94. The van der Waals surface area contributed by atoms with Gasteiger partial charge in [0, 0.05) is 10.9 Å². The lowest BCUT2D eigenvalue weighted by Crippen LogP contribution is -2.36. The molecule has 1 aliphatic carbocycles. The molecule has 0 saturated carbocycles. The van der Waals surface area contributed by atoms with Crippen LogP contribution in [-0.4, -0.2) is 22.0 Å². The summed E-state index contributed by atoms with van der Waals surface area (Å²) in [4.78, 5) is 29.0. The molecule has 2 atom stereocenters. The van der Waals surface area contributed by atoms with Gasteiger partial charge in [0.2, 0.25) is 5.91 Å². The smallest absolute Gasteiger partial charge is 0.307 e. The van der Waals surface area contributed by atoms with Crippen molar-refractivity contribution in [3.05, 3.63) is 46.4 Å². The lowest BCUT2D eigenvalue weighted by molar-refractivity contribution is -0.146. The van der Waals surface area contributed by atoms with Gasteiger partial charge in [-0.2, -0.15) is 0 Å². The minimum atomic E-state index is -0.918. The van der Waals surface area contributed by atoms with Crippen molar-refractivity contribution in [1.29, 1.82) is 0 Å². The summed E-state index contributed by atoms with van der Waals surface area (Å²) in [7, 11) is 0. The first kappa shape index (κ1) is 21.2. The third-order valence-corrected chi connectivity index (χ3v) is 6.31. The number of carboxylic acids is 1. The summed E-state index contributed by atoms with van der Waals surface area (Å²) in [6, 6.07) is 8.33. The van der Waals surface area contributed by atoms with Gasteiger partial charge >= 0.3 is 5.97 Å². The Kier molecular flexibility index (Phi) is 6.52. The molecule has 0 fully saturated rings. The topological polar surface area (TPSA) is 79.3 Å². The molecule has 6 heteroatoms. The molecule has 5 nitrogen and oxygen atoms in total. The first-order valence-corrected chi connectivity index (χ1v) is 10.9. The minimum absolute atomic E-state index is 0.266. The summed E-state index contributed by atoms with van der Waals surface area (Å²) < 4.78 is 0. The lowest BCUT2D eigenvalue weighted by atomic mass is 9.76. The predicted octanol–water partition coefficient (Wildman–Crippen LogP) is 5.39. The van der Waals surface area contributed by atoms with Crippen molar-refractivity contribution in [2.24, 2.45) is 17.8 Å². The zero-order valence-corrected chi connectivity index (χ0v) is 18.2. The van der Waals surface area contributed by atoms with Gasteiger partial charge in [0.05, 0.1) is 17.5 Å². The molecular weight excluding hydrogens is 384 g/mol. The number of anilines is 1. The highest BCUT2D eigenvalue weighted by atomic mass is 32.1. The van der Waals surface area contributed by atoms with Crippen LogP contribution in [0.1, 0.15) is 46.1 Å². The molecule has 1 aliphatic rings. The number of rotatable bonds is 6. The second-order valence-corrected chi connectivity index (χ2v) is 9.20. The Morgan fingerprint density at radius 3 is 2.34 bits per heavy atom. The molecule has 3 rings (SSSR count). The number of nitrogens with zero attached hydrogens (tertiary/aromatic N) is 1. The monoisotopic (exact) mass is 412 g/mol. The van der Waals surface area contributed by atoms with Crippen LogP contribution in [0.2, 0.25) is 0 Å². The highest BCUT2D eigenvalue weighted by Crippen LogP contribution is 2.35. The van der Waals surface area contributed by atoms with Gasteiger partial charge < -0.3 is 10.4 Å². The molecule has 29 heavy (non-hydrogen) atoms. The Morgan fingerprint density at radius 2 is 1.76 bits per heavy atom. The number of benzene rings is 1. The second kappa shape index (κ2) is 8.91. The van der Waals surface area contributed by atoms with Gasteiger partial charge in [0.1, 0.15) is 0 Å². The number of allylic oxidation sites excluding steroid dienone is 2. The number of hydrogen-bond donors (Lipinski definition) is 2. The number of carbonyl (C=O) groups is 2. The zero-order chi connectivity index (χ0) is 21.1. The van der Waals surface area contributed by atoms with Crippen molar-refractivity contribution in [1.82, 2.24) is 4.98 Å². The fourth-order valence-corrected chi connectivity index (χ4v) is 4.49. The normalized spacial score (nSPS) is 19.5. The van der Waals surface area contributed by atoms with Gasteiger partial charge in [-0.1, -0.05) is 49.3 Å². The van der Waals surface area contributed by atoms with Crippen molar-refractivity contribution in [3.8, 4) is 11.3 Å². The van der Waals surface area contributed by atoms with Crippen molar-refractivity contribution in [3.63, 3.8) is 0 Å².